The number of halogens is 2. The summed E-state index contributed by atoms with van der Waals surface area (Å²) in [6, 6.07) is 11.3. The second-order valence-corrected chi connectivity index (χ2v) is 6.36. The van der Waals surface area contributed by atoms with E-state index in [-0.39, 0.29) is 11.7 Å². The van der Waals surface area contributed by atoms with E-state index in [0.717, 1.165) is 29.8 Å². The number of thioether (sulfide) groups is 1. The molecule has 0 radical (unpaired) electrons. The van der Waals surface area contributed by atoms with Crippen LogP contribution in [0.3, 0.4) is 0 Å². The van der Waals surface area contributed by atoms with Crippen LogP contribution >= 0.6 is 11.8 Å². The molecule has 0 unspecified atom stereocenters. The molecule has 0 aliphatic rings. The van der Waals surface area contributed by atoms with Gasteiger partial charge in [0.1, 0.15) is 0 Å². The van der Waals surface area contributed by atoms with Crippen molar-refractivity contribution in [3.63, 3.8) is 0 Å². The van der Waals surface area contributed by atoms with Gasteiger partial charge < -0.3 is 5.32 Å². The predicted octanol–water partition coefficient (Wildman–Crippen LogP) is 5.21. The highest BCUT2D eigenvalue weighted by Crippen LogP contribution is 2.27. The van der Waals surface area contributed by atoms with E-state index >= 15 is 0 Å². The number of rotatable bonds is 6. The van der Waals surface area contributed by atoms with Crippen LogP contribution in [0.1, 0.15) is 31.7 Å². The van der Waals surface area contributed by atoms with Crippen LogP contribution in [-0.2, 0) is 4.79 Å². The fourth-order valence-corrected chi connectivity index (χ4v) is 2.88. The molecule has 0 bridgehead atoms. The van der Waals surface area contributed by atoms with Gasteiger partial charge in [0.25, 0.3) is 0 Å². The van der Waals surface area contributed by atoms with Gasteiger partial charge in [-0.15, -0.1) is 11.8 Å². The van der Waals surface area contributed by atoms with Gasteiger partial charge in [-0.25, -0.2) is 8.78 Å². The van der Waals surface area contributed by atoms with Crippen molar-refractivity contribution < 1.29 is 13.6 Å². The van der Waals surface area contributed by atoms with Crippen LogP contribution in [0.2, 0.25) is 0 Å². The molecule has 0 aliphatic heterocycles. The van der Waals surface area contributed by atoms with E-state index in [9.17, 15) is 13.6 Å². The Morgan fingerprint density at radius 1 is 1.17 bits per heavy atom. The van der Waals surface area contributed by atoms with Crippen LogP contribution in [0, 0.1) is 11.6 Å². The molecule has 2 aromatic rings. The molecule has 5 heteroatoms. The molecule has 2 rings (SSSR count). The van der Waals surface area contributed by atoms with Gasteiger partial charge >= 0.3 is 0 Å². The van der Waals surface area contributed by atoms with Crippen molar-refractivity contribution >= 4 is 23.4 Å². The first kappa shape index (κ1) is 17.5. The average molecular weight is 335 g/mol. The maximum absolute atomic E-state index is 13.1. The van der Waals surface area contributed by atoms with Gasteiger partial charge in [0.2, 0.25) is 5.91 Å². The lowest BCUT2D eigenvalue weighted by Crippen LogP contribution is -2.15. The van der Waals surface area contributed by atoms with Gasteiger partial charge in [-0.1, -0.05) is 32.0 Å². The zero-order chi connectivity index (χ0) is 16.8. The lowest BCUT2D eigenvalue weighted by Gasteiger charge is -2.15. The quantitative estimate of drug-likeness (QED) is 0.734. The average Bonchev–Trinajstić information content (AvgIpc) is 2.55. The van der Waals surface area contributed by atoms with Crippen LogP contribution in [0.25, 0.3) is 0 Å². The Kier molecular flexibility index (Phi) is 6.16. The SMILES string of the molecule is CC[C@H](C)c1ccccc1NC(=O)CSc1ccc(F)c(F)c1. The molecule has 23 heavy (non-hydrogen) atoms. The van der Waals surface area contributed by atoms with Crippen molar-refractivity contribution in [2.75, 3.05) is 11.1 Å². The number of carbonyl (C=O) groups excluding carboxylic acids is 1. The number of benzene rings is 2. The lowest BCUT2D eigenvalue weighted by molar-refractivity contribution is -0.113. The summed E-state index contributed by atoms with van der Waals surface area (Å²) in [6.07, 6.45) is 0.983. The molecule has 1 N–H and O–H groups in total. The molecule has 0 aromatic heterocycles. The second-order valence-electron chi connectivity index (χ2n) is 5.31. The largest absolute Gasteiger partial charge is 0.325 e. The Bertz CT molecular complexity index is 690. The van der Waals surface area contributed by atoms with Crippen molar-refractivity contribution in [2.45, 2.75) is 31.1 Å². The summed E-state index contributed by atoms with van der Waals surface area (Å²) in [7, 11) is 0. The summed E-state index contributed by atoms with van der Waals surface area (Å²) in [5.74, 6) is -1.47. The number of hydrogen-bond acceptors (Lipinski definition) is 2. The smallest absolute Gasteiger partial charge is 0.234 e. The first-order chi connectivity index (χ1) is 11.0. The van der Waals surface area contributed by atoms with E-state index in [1.54, 1.807) is 0 Å². The Labute approximate surface area is 139 Å². The third-order valence-corrected chi connectivity index (χ3v) is 4.63. The molecular formula is C18H19F2NOS. The fraction of sp³-hybridized carbons (Fsp3) is 0.278. The Balaban J connectivity index is 1.98. The van der Waals surface area contributed by atoms with Gasteiger partial charge in [0.05, 0.1) is 5.75 Å². The number of anilines is 1. The van der Waals surface area contributed by atoms with Gasteiger partial charge in [-0.2, -0.15) is 0 Å². The molecule has 122 valence electrons. The molecule has 0 spiro atoms. The third kappa shape index (κ3) is 4.79. The standard InChI is InChI=1S/C18H19F2NOS/c1-3-12(2)14-6-4-5-7-17(14)21-18(22)11-23-13-8-9-15(19)16(20)10-13/h4-10,12H,3,11H2,1-2H3,(H,21,22)/t12-/m0/s1. The van der Waals surface area contributed by atoms with E-state index < -0.39 is 11.6 Å². The zero-order valence-electron chi connectivity index (χ0n) is 13.1. The Hall–Kier alpha value is -1.88. The summed E-state index contributed by atoms with van der Waals surface area (Å²) in [5, 5.41) is 2.89. The minimum atomic E-state index is -0.905. The summed E-state index contributed by atoms with van der Waals surface area (Å²) in [5.41, 5.74) is 1.90. The second kappa shape index (κ2) is 8.11. The highest BCUT2D eigenvalue weighted by atomic mass is 32.2. The third-order valence-electron chi connectivity index (χ3n) is 3.64. The molecule has 0 fully saturated rings. The topological polar surface area (TPSA) is 29.1 Å². The predicted molar refractivity (Wildman–Crippen MR) is 90.9 cm³/mol. The Morgan fingerprint density at radius 3 is 2.61 bits per heavy atom. The van der Waals surface area contributed by atoms with Crippen LogP contribution in [-0.4, -0.2) is 11.7 Å². The lowest BCUT2D eigenvalue weighted by atomic mass is 9.97. The van der Waals surface area contributed by atoms with Crippen molar-refractivity contribution in [1.29, 1.82) is 0 Å². The minimum absolute atomic E-state index is 0.139. The van der Waals surface area contributed by atoms with Crippen LogP contribution in [0.5, 0.6) is 0 Å². The highest BCUT2D eigenvalue weighted by Gasteiger charge is 2.11. The van der Waals surface area contributed by atoms with Crippen molar-refractivity contribution in [3.8, 4) is 0 Å². The van der Waals surface area contributed by atoms with E-state index in [1.165, 1.54) is 17.8 Å². The highest BCUT2D eigenvalue weighted by molar-refractivity contribution is 8.00. The van der Waals surface area contributed by atoms with Gasteiger partial charge in [-0.3, -0.25) is 4.79 Å². The van der Waals surface area contributed by atoms with E-state index in [1.807, 2.05) is 24.3 Å². The maximum atomic E-state index is 13.1. The molecule has 1 amide bonds. The summed E-state index contributed by atoms with van der Waals surface area (Å²) < 4.78 is 26.0. The van der Waals surface area contributed by atoms with E-state index in [0.29, 0.717) is 10.8 Å². The van der Waals surface area contributed by atoms with E-state index in [4.69, 9.17) is 0 Å². The Morgan fingerprint density at radius 2 is 1.91 bits per heavy atom. The monoisotopic (exact) mass is 335 g/mol. The van der Waals surface area contributed by atoms with Crippen LogP contribution in [0.4, 0.5) is 14.5 Å². The molecule has 2 nitrogen and oxygen atoms in total. The first-order valence-electron chi connectivity index (χ1n) is 7.48. The van der Waals surface area contributed by atoms with Crippen LogP contribution < -0.4 is 5.32 Å². The first-order valence-corrected chi connectivity index (χ1v) is 8.46. The van der Waals surface area contributed by atoms with Crippen molar-refractivity contribution in [1.82, 2.24) is 0 Å². The van der Waals surface area contributed by atoms with Gasteiger partial charge in [0, 0.05) is 10.6 Å². The molecular weight excluding hydrogens is 316 g/mol. The molecule has 0 aliphatic carbocycles. The van der Waals surface area contributed by atoms with E-state index in [2.05, 4.69) is 19.2 Å². The minimum Gasteiger partial charge on any atom is -0.325 e. The number of amides is 1. The van der Waals surface area contributed by atoms with Crippen molar-refractivity contribution in [2.24, 2.45) is 0 Å². The molecule has 2 aromatic carbocycles. The van der Waals surface area contributed by atoms with Crippen LogP contribution in [0.15, 0.2) is 47.4 Å². The van der Waals surface area contributed by atoms with Gasteiger partial charge in [0.15, 0.2) is 11.6 Å². The summed E-state index contributed by atoms with van der Waals surface area (Å²) >= 11 is 1.17. The molecule has 0 saturated carbocycles. The maximum Gasteiger partial charge on any atom is 0.234 e. The van der Waals surface area contributed by atoms with Gasteiger partial charge in [-0.05, 0) is 42.2 Å². The number of carbonyl (C=O) groups is 1. The fourth-order valence-electron chi connectivity index (χ4n) is 2.16. The molecule has 0 saturated heterocycles. The normalized spacial score (nSPS) is 12.0. The summed E-state index contributed by atoms with van der Waals surface area (Å²) in [4.78, 5) is 12.6. The number of para-hydroxylation sites is 1. The summed E-state index contributed by atoms with van der Waals surface area (Å²) in [6.45, 7) is 4.21. The zero-order valence-corrected chi connectivity index (χ0v) is 13.9. The number of hydrogen-bond donors (Lipinski definition) is 1. The van der Waals surface area contributed by atoms with Crippen molar-refractivity contribution in [3.05, 3.63) is 59.7 Å². The number of nitrogens with one attached hydrogen (secondary N) is 1. The molecule has 1 atom stereocenters. The molecule has 0 heterocycles.